The third-order valence-electron chi connectivity index (χ3n) is 5.45. The van der Waals surface area contributed by atoms with E-state index >= 15 is 0 Å². The number of likely N-dealkylation sites (N-methyl/N-ethyl adjacent to an activating group) is 1. The number of pyridine rings is 2. The summed E-state index contributed by atoms with van der Waals surface area (Å²) in [4.78, 5) is 26.1. The highest BCUT2D eigenvalue weighted by Gasteiger charge is 2.34. The Balaban J connectivity index is 1.43. The molecule has 0 aromatic carbocycles. The average molecular weight is 450 g/mol. The van der Waals surface area contributed by atoms with Crippen LogP contribution < -0.4 is 16.0 Å². The van der Waals surface area contributed by atoms with Crippen LogP contribution in [0.2, 0.25) is 0 Å². The lowest BCUT2D eigenvalue weighted by Gasteiger charge is -2.19. The second kappa shape index (κ2) is 9.46. The number of hydrogen-bond donors (Lipinski definition) is 4. The Morgan fingerprint density at radius 3 is 2.78 bits per heavy atom. The lowest BCUT2D eigenvalue weighted by atomic mass is 10.0. The molecule has 1 aliphatic rings. The number of aromatic nitrogens is 2. The molecule has 2 amide bonds. The highest BCUT2D eigenvalue weighted by molar-refractivity contribution is 7.12. The predicted molar refractivity (Wildman–Crippen MR) is 130 cm³/mol. The molecule has 0 saturated carbocycles. The van der Waals surface area contributed by atoms with E-state index in [-0.39, 0.29) is 18.0 Å². The van der Waals surface area contributed by atoms with Crippen molar-refractivity contribution in [3.8, 4) is 0 Å². The summed E-state index contributed by atoms with van der Waals surface area (Å²) < 4.78 is 0. The first-order valence-electron chi connectivity index (χ1n) is 10.4. The van der Waals surface area contributed by atoms with Gasteiger partial charge in [-0.2, -0.15) is 0 Å². The molecule has 1 fully saturated rings. The zero-order valence-corrected chi connectivity index (χ0v) is 19.2. The Morgan fingerprint density at radius 2 is 2.06 bits per heavy atom. The summed E-state index contributed by atoms with van der Waals surface area (Å²) in [5.41, 5.74) is 3.06. The molecule has 32 heavy (non-hydrogen) atoms. The third kappa shape index (κ3) is 5.12. The summed E-state index contributed by atoms with van der Waals surface area (Å²) in [5, 5.41) is 16.9. The van der Waals surface area contributed by atoms with Crippen molar-refractivity contribution < 1.29 is 4.79 Å². The zero-order chi connectivity index (χ0) is 22.7. The summed E-state index contributed by atoms with van der Waals surface area (Å²) in [6.45, 7) is 5.72. The Morgan fingerprint density at radius 1 is 1.22 bits per heavy atom. The van der Waals surface area contributed by atoms with Gasteiger partial charge < -0.3 is 20.9 Å². The van der Waals surface area contributed by atoms with Crippen LogP contribution in [0, 0.1) is 19.3 Å². The highest BCUT2D eigenvalue weighted by atomic mass is 32.1. The Bertz CT molecular complexity index is 1130. The lowest BCUT2D eigenvalue weighted by Crippen LogP contribution is -2.42. The fourth-order valence-electron chi connectivity index (χ4n) is 3.95. The number of likely N-dealkylation sites (tertiary alicyclic amines) is 1. The maximum absolute atomic E-state index is 12.7. The molecule has 1 saturated heterocycles. The second-order valence-electron chi connectivity index (χ2n) is 8.09. The van der Waals surface area contributed by atoms with Gasteiger partial charge in [0.25, 0.3) is 0 Å². The first kappa shape index (κ1) is 21.9. The van der Waals surface area contributed by atoms with Crippen molar-refractivity contribution in [3.63, 3.8) is 0 Å². The number of nitrogens with one attached hydrogen (secondary N) is 4. The lowest BCUT2D eigenvalue weighted by molar-refractivity contribution is 0.247. The highest BCUT2D eigenvalue weighted by Crippen LogP contribution is 2.32. The molecule has 3 aromatic heterocycles. The molecule has 0 radical (unpaired) electrons. The second-order valence-corrected chi connectivity index (χ2v) is 9.41. The summed E-state index contributed by atoms with van der Waals surface area (Å²) in [7, 11) is 2.07. The van der Waals surface area contributed by atoms with Crippen molar-refractivity contribution >= 4 is 40.8 Å². The number of aryl methyl sites for hydroxylation is 2. The Labute approximate surface area is 191 Å². The van der Waals surface area contributed by atoms with E-state index in [1.807, 2.05) is 19.1 Å². The maximum Gasteiger partial charge on any atom is 0.320 e. The van der Waals surface area contributed by atoms with Crippen LogP contribution in [0.3, 0.4) is 0 Å². The van der Waals surface area contributed by atoms with E-state index in [0.29, 0.717) is 17.1 Å². The molecule has 1 aliphatic heterocycles. The van der Waals surface area contributed by atoms with Crippen LogP contribution in [-0.4, -0.2) is 53.3 Å². The van der Waals surface area contributed by atoms with Crippen molar-refractivity contribution in [3.05, 3.63) is 63.7 Å². The molecule has 9 heteroatoms. The number of urea groups is 1. The fourth-order valence-corrected chi connectivity index (χ4v) is 4.98. The van der Waals surface area contributed by atoms with Crippen LogP contribution in [0.4, 0.5) is 22.0 Å². The van der Waals surface area contributed by atoms with E-state index in [1.165, 1.54) is 16.0 Å². The first-order chi connectivity index (χ1) is 15.4. The fraction of sp³-hybridized carbons (Fsp3) is 0.304. The van der Waals surface area contributed by atoms with E-state index < -0.39 is 0 Å². The SMILES string of the molecule is Cc1cc(Nc2cnc(NC(=O)N[C@H]3CN(C)C[C@@H]3c3ccc(C)s3)cc2C=N)ccn1. The van der Waals surface area contributed by atoms with Gasteiger partial charge in [0.2, 0.25) is 0 Å². The van der Waals surface area contributed by atoms with Crippen LogP contribution in [0.1, 0.15) is 26.9 Å². The van der Waals surface area contributed by atoms with Gasteiger partial charge in [-0.1, -0.05) is 0 Å². The van der Waals surface area contributed by atoms with E-state index in [4.69, 9.17) is 5.41 Å². The first-order valence-corrected chi connectivity index (χ1v) is 11.3. The van der Waals surface area contributed by atoms with Crippen LogP contribution in [0.5, 0.6) is 0 Å². The van der Waals surface area contributed by atoms with Crippen LogP contribution >= 0.6 is 11.3 Å². The van der Waals surface area contributed by atoms with Gasteiger partial charge in [-0.05, 0) is 51.2 Å². The average Bonchev–Trinajstić information content (AvgIpc) is 3.34. The van der Waals surface area contributed by atoms with Crippen molar-refractivity contribution in [1.82, 2.24) is 20.2 Å². The van der Waals surface area contributed by atoms with Gasteiger partial charge in [-0.3, -0.25) is 10.3 Å². The molecular weight excluding hydrogens is 422 g/mol. The molecule has 0 aliphatic carbocycles. The normalized spacial score (nSPS) is 18.3. The number of nitrogens with zero attached hydrogens (tertiary/aromatic N) is 3. The third-order valence-corrected chi connectivity index (χ3v) is 6.59. The smallest absolute Gasteiger partial charge is 0.320 e. The minimum Gasteiger partial charge on any atom is -0.354 e. The monoisotopic (exact) mass is 449 g/mol. The summed E-state index contributed by atoms with van der Waals surface area (Å²) in [6.07, 6.45) is 4.58. The van der Waals surface area contributed by atoms with Crippen LogP contribution in [0.25, 0.3) is 0 Å². The number of hydrogen-bond acceptors (Lipinski definition) is 7. The Kier molecular flexibility index (Phi) is 6.48. The number of carbonyl (C=O) groups is 1. The molecular formula is C23H27N7OS. The topological polar surface area (TPSA) is 106 Å². The van der Waals surface area contributed by atoms with Crippen molar-refractivity contribution in [2.75, 3.05) is 30.8 Å². The molecule has 0 spiro atoms. The Hall–Kier alpha value is -3.30. The predicted octanol–water partition coefficient (Wildman–Crippen LogP) is 4.12. The molecule has 3 aromatic rings. The zero-order valence-electron chi connectivity index (χ0n) is 18.3. The molecule has 8 nitrogen and oxygen atoms in total. The summed E-state index contributed by atoms with van der Waals surface area (Å²) in [5.74, 6) is 0.664. The largest absolute Gasteiger partial charge is 0.354 e. The van der Waals surface area contributed by atoms with Crippen molar-refractivity contribution in [2.45, 2.75) is 25.8 Å². The van der Waals surface area contributed by atoms with Gasteiger partial charge in [-0.15, -0.1) is 11.3 Å². The van der Waals surface area contributed by atoms with Gasteiger partial charge in [-0.25, -0.2) is 9.78 Å². The van der Waals surface area contributed by atoms with E-state index in [2.05, 4.69) is 56.9 Å². The van der Waals surface area contributed by atoms with Gasteiger partial charge in [0.1, 0.15) is 5.82 Å². The van der Waals surface area contributed by atoms with Gasteiger partial charge in [0.05, 0.1) is 17.9 Å². The number of anilines is 3. The van der Waals surface area contributed by atoms with E-state index in [0.717, 1.165) is 24.5 Å². The van der Waals surface area contributed by atoms with Crippen LogP contribution in [0.15, 0.2) is 42.7 Å². The standard InChI is InChI=1S/C23H27N7OS/c1-14-8-17(6-7-25-14)27-19-11-26-22(9-16(19)10-24)29-23(31)28-20-13-30(3)12-18(20)21-5-4-15(2)32-21/h4-11,18,20,24H,12-13H2,1-3H3,(H,25,27)(H2,26,28,29,31)/t18-,20-/m0/s1. The van der Waals surface area contributed by atoms with Crippen molar-refractivity contribution in [1.29, 1.82) is 5.41 Å². The minimum atomic E-state index is -0.294. The van der Waals surface area contributed by atoms with Gasteiger partial charge in [0, 0.05) is 58.1 Å². The van der Waals surface area contributed by atoms with E-state index in [1.54, 1.807) is 29.8 Å². The molecule has 4 heterocycles. The van der Waals surface area contributed by atoms with E-state index in [9.17, 15) is 4.79 Å². The molecule has 4 N–H and O–H groups in total. The molecule has 2 atom stereocenters. The van der Waals surface area contributed by atoms with Gasteiger partial charge >= 0.3 is 6.03 Å². The molecule has 4 rings (SSSR count). The summed E-state index contributed by atoms with van der Waals surface area (Å²) >= 11 is 1.78. The van der Waals surface area contributed by atoms with Gasteiger partial charge in [0.15, 0.2) is 0 Å². The number of amides is 2. The quantitative estimate of drug-likeness (QED) is 0.424. The minimum absolute atomic E-state index is 0.0242. The molecule has 0 bridgehead atoms. The number of carbonyl (C=O) groups excluding carboxylic acids is 1. The van der Waals surface area contributed by atoms with Crippen molar-refractivity contribution in [2.24, 2.45) is 0 Å². The van der Waals surface area contributed by atoms with Crippen LogP contribution in [-0.2, 0) is 0 Å². The molecule has 0 unspecified atom stereocenters. The number of thiophene rings is 1. The molecule has 166 valence electrons. The maximum atomic E-state index is 12.7. The number of rotatable bonds is 6. The summed E-state index contributed by atoms with van der Waals surface area (Å²) in [6, 6.07) is 9.46.